The van der Waals surface area contributed by atoms with Crippen LogP contribution in [0.1, 0.15) is 24.8 Å². The Balaban J connectivity index is 1.60. The van der Waals surface area contributed by atoms with E-state index < -0.39 is 10.0 Å². The molecule has 1 aromatic heterocycles. The molecule has 0 aliphatic carbocycles. The first-order valence-corrected chi connectivity index (χ1v) is 12.1. The number of aromatic nitrogens is 1. The molecule has 1 amide bonds. The SMILES string of the molecule is CN(CCN(C1CCOCC1)C1CCN(S(C)(=O)=O)C1)C(=O)Cc1ccncc1. The van der Waals surface area contributed by atoms with Gasteiger partial charge in [-0.25, -0.2) is 12.7 Å². The number of rotatable bonds is 8. The lowest BCUT2D eigenvalue weighted by Crippen LogP contribution is -2.50. The van der Waals surface area contributed by atoms with E-state index in [2.05, 4.69) is 9.88 Å². The summed E-state index contributed by atoms with van der Waals surface area (Å²) < 4.78 is 31.0. The molecule has 3 heterocycles. The minimum absolute atomic E-state index is 0.0762. The lowest BCUT2D eigenvalue weighted by Gasteiger charge is -2.39. The van der Waals surface area contributed by atoms with Gasteiger partial charge in [-0.2, -0.15) is 0 Å². The number of likely N-dealkylation sites (N-methyl/N-ethyl adjacent to an activating group) is 1. The fraction of sp³-hybridized carbons (Fsp3) is 0.700. The van der Waals surface area contributed by atoms with Gasteiger partial charge in [-0.05, 0) is 37.0 Å². The second kappa shape index (κ2) is 9.97. The van der Waals surface area contributed by atoms with Crippen LogP contribution in [0.2, 0.25) is 0 Å². The topological polar surface area (TPSA) is 83.0 Å². The number of hydrogen-bond acceptors (Lipinski definition) is 6. The Morgan fingerprint density at radius 1 is 1.17 bits per heavy atom. The fourth-order valence-corrected chi connectivity index (χ4v) is 5.04. The summed E-state index contributed by atoms with van der Waals surface area (Å²) in [5.74, 6) is 0.0762. The molecule has 2 saturated heterocycles. The van der Waals surface area contributed by atoms with Crippen LogP contribution in [-0.2, 0) is 26.0 Å². The molecule has 2 aliphatic rings. The first kappa shape index (κ1) is 22.1. The maximum Gasteiger partial charge on any atom is 0.226 e. The van der Waals surface area contributed by atoms with Crippen LogP contribution >= 0.6 is 0 Å². The molecular weight excluding hydrogens is 392 g/mol. The monoisotopic (exact) mass is 424 g/mol. The van der Waals surface area contributed by atoms with E-state index in [0.29, 0.717) is 32.1 Å². The van der Waals surface area contributed by atoms with Crippen molar-refractivity contribution in [3.8, 4) is 0 Å². The first-order chi connectivity index (χ1) is 13.8. The van der Waals surface area contributed by atoms with E-state index in [0.717, 1.165) is 44.6 Å². The zero-order valence-corrected chi connectivity index (χ0v) is 18.2. The molecule has 1 atom stereocenters. The fourth-order valence-electron chi connectivity index (χ4n) is 4.16. The quantitative estimate of drug-likeness (QED) is 0.608. The van der Waals surface area contributed by atoms with Gasteiger partial charge in [-0.1, -0.05) is 0 Å². The normalized spacial score (nSPS) is 21.6. The Hall–Kier alpha value is -1.55. The van der Waals surface area contributed by atoms with Crippen molar-refractivity contribution in [1.29, 1.82) is 0 Å². The maximum atomic E-state index is 12.6. The van der Waals surface area contributed by atoms with Gasteiger partial charge in [0.2, 0.25) is 15.9 Å². The van der Waals surface area contributed by atoms with Crippen molar-refractivity contribution in [1.82, 2.24) is 19.1 Å². The second-order valence-corrected chi connectivity index (χ2v) is 9.97. The molecule has 0 spiro atoms. The highest BCUT2D eigenvalue weighted by molar-refractivity contribution is 7.88. The van der Waals surface area contributed by atoms with Gasteiger partial charge in [0.25, 0.3) is 0 Å². The van der Waals surface area contributed by atoms with Gasteiger partial charge in [-0.15, -0.1) is 0 Å². The van der Waals surface area contributed by atoms with Crippen LogP contribution < -0.4 is 0 Å². The average molecular weight is 425 g/mol. The van der Waals surface area contributed by atoms with Crippen LogP contribution in [0.15, 0.2) is 24.5 Å². The predicted molar refractivity (Wildman–Crippen MR) is 111 cm³/mol. The largest absolute Gasteiger partial charge is 0.381 e. The number of pyridine rings is 1. The summed E-state index contributed by atoms with van der Waals surface area (Å²) in [4.78, 5) is 20.8. The summed E-state index contributed by atoms with van der Waals surface area (Å²) in [6.45, 7) is 3.94. The molecule has 9 heteroatoms. The number of sulfonamides is 1. The Morgan fingerprint density at radius 2 is 1.86 bits per heavy atom. The summed E-state index contributed by atoms with van der Waals surface area (Å²) >= 11 is 0. The predicted octanol–water partition coefficient (Wildman–Crippen LogP) is 0.597. The third-order valence-electron chi connectivity index (χ3n) is 5.95. The van der Waals surface area contributed by atoms with Crippen molar-refractivity contribution in [2.24, 2.45) is 0 Å². The van der Waals surface area contributed by atoms with E-state index in [-0.39, 0.29) is 11.9 Å². The smallest absolute Gasteiger partial charge is 0.226 e. The van der Waals surface area contributed by atoms with Crippen LogP contribution in [0.5, 0.6) is 0 Å². The van der Waals surface area contributed by atoms with E-state index in [1.807, 2.05) is 19.2 Å². The summed E-state index contributed by atoms with van der Waals surface area (Å²) in [5, 5.41) is 0. The number of amides is 1. The molecule has 0 radical (unpaired) electrons. The Morgan fingerprint density at radius 3 is 2.48 bits per heavy atom. The molecule has 3 rings (SSSR count). The van der Waals surface area contributed by atoms with Crippen molar-refractivity contribution in [3.63, 3.8) is 0 Å². The van der Waals surface area contributed by atoms with Crippen LogP contribution in [0.25, 0.3) is 0 Å². The van der Waals surface area contributed by atoms with Crippen molar-refractivity contribution < 1.29 is 17.9 Å². The van der Waals surface area contributed by atoms with E-state index in [4.69, 9.17) is 4.74 Å². The minimum Gasteiger partial charge on any atom is -0.381 e. The van der Waals surface area contributed by atoms with Crippen LogP contribution in [-0.4, -0.2) is 98.2 Å². The van der Waals surface area contributed by atoms with Crippen LogP contribution in [0, 0.1) is 0 Å². The third kappa shape index (κ3) is 6.21. The molecule has 1 unspecified atom stereocenters. The molecule has 0 N–H and O–H groups in total. The van der Waals surface area contributed by atoms with Crippen LogP contribution in [0.4, 0.5) is 0 Å². The summed E-state index contributed by atoms with van der Waals surface area (Å²) in [6.07, 6.45) is 7.76. The van der Waals surface area contributed by atoms with Gasteiger partial charge < -0.3 is 9.64 Å². The lowest BCUT2D eigenvalue weighted by atomic mass is 10.0. The molecule has 0 bridgehead atoms. The summed E-state index contributed by atoms with van der Waals surface area (Å²) in [6, 6.07) is 4.28. The van der Waals surface area contributed by atoms with Gasteiger partial charge in [0.15, 0.2) is 0 Å². The maximum absolute atomic E-state index is 12.6. The Labute approximate surface area is 173 Å². The van der Waals surface area contributed by atoms with Crippen molar-refractivity contribution >= 4 is 15.9 Å². The standard InChI is InChI=1S/C20H32N4O4S/c1-22(20(25)15-17-3-8-21-9-4-17)11-12-24(18-6-13-28-14-7-18)19-5-10-23(16-19)29(2,26)27/h3-4,8-9,18-19H,5-7,10-16H2,1-2H3. The second-order valence-electron chi connectivity index (χ2n) is 7.99. The van der Waals surface area contributed by atoms with Crippen molar-refractivity contribution in [3.05, 3.63) is 30.1 Å². The Kier molecular flexibility index (Phi) is 7.61. The molecule has 0 saturated carbocycles. The summed E-state index contributed by atoms with van der Waals surface area (Å²) in [5.41, 5.74) is 0.956. The number of ether oxygens (including phenoxy) is 1. The Bertz CT molecular complexity index is 768. The number of nitrogens with zero attached hydrogens (tertiary/aromatic N) is 4. The third-order valence-corrected chi connectivity index (χ3v) is 7.22. The molecule has 162 valence electrons. The van der Waals surface area contributed by atoms with E-state index in [1.165, 1.54) is 6.26 Å². The van der Waals surface area contributed by atoms with Gasteiger partial charge in [0.05, 0.1) is 12.7 Å². The van der Waals surface area contributed by atoms with Crippen molar-refractivity contribution in [2.45, 2.75) is 37.8 Å². The highest BCUT2D eigenvalue weighted by atomic mass is 32.2. The molecule has 29 heavy (non-hydrogen) atoms. The molecule has 2 fully saturated rings. The molecule has 0 aromatic carbocycles. The van der Waals surface area contributed by atoms with Crippen LogP contribution in [0.3, 0.4) is 0 Å². The average Bonchev–Trinajstić information content (AvgIpc) is 3.20. The van der Waals surface area contributed by atoms with E-state index >= 15 is 0 Å². The van der Waals surface area contributed by atoms with Gasteiger partial charge in [-0.3, -0.25) is 14.7 Å². The zero-order valence-electron chi connectivity index (χ0n) is 17.4. The highest BCUT2D eigenvalue weighted by Gasteiger charge is 2.35. The highest BCUT2D eigenvalue weighted by Crippen LogP contribution is 2.24. The molecule has 1 aromatic rings. The first-order valence-electron chi connectivity index (χ1n) is 10.3. The van der Waals surface area contributed by atoms with Gasteiger partial charge in [0.1, 0.15) is 0 Å². The molecule has 8 nitrogen and oxygen atoms in total. The zero-order chi connectivity index (χ0) is 20.9. The number of carbonyl (C=O) groups excluding carboxylic acids is 1. The molecular formula is C20H32N4O4S. The summed E-state index contributed by atoms with van der Waals surface area (Å²) in [7, 11) is -1.33. The minimum atomic E-state index is -3.17. The number of hydrogen-bond donors (Lipinski definition) is 0. The number of carbonyl (C=O) groups is 1. The van der Waals surface area contributed by atoms with E-state index in [9.17, 15) is 13.2 Å². The lowest BCUT2D eigenvalue weighted by molar-refractivity contribution is -0.129. The molecule has 2 aliphatic heterocycles. The van der Waals surface area contributed by atoms with Crippen molar-refractivity contribution in [2.75, 3.05) is 52.7 Å². The van der Waals surface area contributed by atoms with Gasteiger partial charge in [0, 0.05) is 70.9 Å². The van der Waals surface area contributed by atoms with Gasteiger partial charge >= 0.3 is 0 Å². The van der Waals surface area contributed by atoms with E-state index in [1.54, 1.807) is 21.6 Å².